The highest BCUT2D eigenvalue weighted by molar-refractivity contribution is 7.88. The van der Waals surface area contributed by atoms with Gasteiger partial charge in [-0.1, -0.05) is 30.3 Å². The van der Waals surface area contributed by atoms with Crippen LogP contribution in [0.1, 0.15) is 5.56 Å². The van der Waals surface area contributed by atoms with Gasteiger partial charge < -0.3 is 13.7 Å². The van der Waals surface area contributed by atoms with Crippen LogP contribution in [-0.2, 0) is 16.7 Å². The van der Waals surface area contributed by atoms with E-state index in [0.717, 1.165) is 42.0 Å². The summed E-state index contributed by atoms with van der Waals surface area (Å²) in [6, 6.07) is 15.9. The topological polar surface area (TPSA) is 96.7 Å². The predicted octanol–water partition coefficient (Wildman–Crippen LogP) is 5.09. The number of fused-ring (bicyclic) bond motifs is 1. The van der Waals surface area contributed by atoms with Gasteiger partial charge in [0.1, 0.15) is 18.1 Å². The van der Waals surface area contributed by atoms with Crippen molar-refractivity contribution in [1.82, 2.24) is 9.78 Å². The van der Waals surface area contributed by atoms with Crippen molar-refractivity contribution in [1.29, 1.82) is 0 Å². The molecule has 4 rings (SSSR count). The highest BCUT2D eigenvalue weighted by Gasteiger charge is 2.49. The smallest absolute Gasteiger partial charge is 0.489 e. The van der Waals surface area contributed by atoms with E-state index in [2.05, 4.69) is 14.0 Å². The average molecular weight is 560 g/mol. The maximum absolute atomic E-state index is 13.2. The Morgan fingerprint density at radius 3 is 2.05 bits per heavy atom. The number of aromatic nitrogens is 2. The Labute approximate surface area is 209 Å². The van der Waals surface area contributed by atoms with Gasteiger partial charge in [-0.15, -0.1) is 18.3 Å². The molecular weight excluding hydrogens is 546 g/mol. The summed E-state index contributed by atoms with van der Waals surface area (Å²) in [6.45, 7) is 0.0676. The van der Waals surface area contributed by atoms with Crippen LogP contribution in [0.25, 0.3) is 16.5 Å². The summed E-state index contributed by atoms with van der Waals surface area (Å²) in [6.07, 6.45) is -5.00. The molecule has 1 heterocycles. The number of ether oxygens (including phenoxy) is 2. The van der Waals surface area contributed by atoms with Crippen molar-refractivity contribution < 1.29 is 48.4 Å². The lowest BCUT2D eigenvalue weighted by Crippen LogP contribution is -2.30. The fraction of sp³-hybridized carbons (Fsp3) is 0.130. The summed E-state index contributed by atoms with van der Waals surface area (Å²) in [5.74, 6) is -1.64. The van der Waals surface area contributed by atoms with Gasteiger partial charge in [0.05, 0.1) is 16.5 Å². The molecule has 0 aliphatic heterocycles. The molecule has 0 fully saturated rings. The summed E-state index contributed by atoms with van der Waals surface area (Å²) < 4.78 is 114. The summed E-state index contributed by atoms with van der Waals surface area (Å²) >= 11 is 0. The molecule has 1 aromatic heterocycles. The van der Waals surface area contributed by atoms with Gasteiger partial charge in [0.15, 0.2) is 0 Å². The van der Waals surface area contributed by atoms with Gasteiger partial charge in [-0.3, -0.25) is 4.79 Å². The second kappa shape index (κ2) is 9.89. The summed E-state index contributed by atoms with van der Waals surface area (Å²) in [7, 11) is -6.19. The molecule has 8 nitrogen and oxygen atoms in total. The minimum absolute atomic E-state index is 0.0676. The molecule has 15 heteroatoms. The predicted molar refractivity (Wildman–Crippen MR) is 120 cm³/mol. The summed E-state index contributed by atoms with van der Waals surface area (Å²) in [5.41, 5.74) is -6.22. The van der Waals surface area contributed by atoms with Crippen LogP contribution in [0.4, 0.5) is 26.3 Å². The third kappa shape index (κ3) is 5.99. The van der Waals surface area contributed by atoms with Crippen molar-refractivity contribution in [2.24, 2.45) is 0 Å². The molecule has 0 N–H and O–H groups in total. The maximum Gasteiger partial charge on any atom is 0.573 e. The van der Waals surface area contributed by atoms with Gasteiger partial charge in [0.25, 0.3) is 11.4 Å². The summed E-state index contributed by atoms with van der Waals surface area (Å²) in [5, 5.41) is 2.87. The number of hydrogen-bond donors (Lipinski definition) is 0. The van der Waals surface area contributed by atoms with Crippen LogP contribution in [0.15, 0.2) is 77.6 Å². The van der Waals surface area contributed by atoms with Gasteiger partial charge in [0, 0.05) is 0 Å². The standard InChI is InChI=1S/C23H14F6N2O6S/c24-22(25,26)36-16-8-6-15(7-9-16)31-21(32)19-12-17(35-13-14-4-2-1-3-5-14)10-11-18(19)20(30-31)37-38(33,34)23(27,28)29/h1-12H,13H2. The molecule has 38 heavy (non-hydrogen) atoms. The van der Waals surface area contributed by atoms with Crippen molar-refractivity contribution in [2.45, 2.75) is 18.5 Å². The van der Waals surface area contributed by atoms with Crippen LogP contribution in [0, 0.1) is 0 Å². The Kier molecular flexibility index (Phi) is 6.97. The van der Waals surface area contributed by atoms with E-state index in [1.807, 2.05) is 0 Å². The van der Waals surface area contributed by atoms with Crippen LogP contribution in [0.5, 0.6) is 17.4 Å². The monoisotopic (exact) mass is 560 g/mol. The van der Waals surface area contributed by atoms with Gasteiger partial charge in [-0.25, -0.2) is 0 Å². The van der Waals surface area contributed by atoms with E-state index in [4.69, 9.17) is 4.74 Å². The van der Waals surface area contributed by atoms with Crippen LogP contribution < -0.4 is 19.2 Å². The first-order valence-corrected chi connectivity index (χ1v) is 11.8. The van der Waals surface area contributed by atoms with Gasteiger partial charge in [-0.2, -0.15) is 26.3 Å². The minimum atomic E-state index is -6.19. The van der Waals surface area contributed by atoms with Crippen LogP contribution in [0.3, 0.4) is 0 Å². The van der Waals surface area contributed by atoms with Crippen molar-refractivity contribution in [2.75, 3.05) is 0 Å². The zero-order valence-electron chi connectivity index (χ0n) is 18.7. The van der Waals surface area contributed by atoms with Gasteiger partial charge in [-0.05, 0) is 48.0 Å². The maximum atomic E-state index is 13.2. The first-order chi connectivity index (χ1) is 17.7. The molecule has 3 aromatic carbocycles. The lowest BCUT2D eigenvalue weighted by Gasteiger charge is -2.14. The Bertz CT molecular complexity index is 1620. The van der Waals surface area contributed by atoms with Gasteiger partial charge in [0.2, 0.25) is 0 Å². The van der Waals surface area contributed by atoms with E-state index < -0.39 is 39.2 Å². The molecule has 4 aromatic rings. The Balaban J connectivity index is 1.81. The molecule has 0 atom stereocenters. The highest BCUT2D eigenvalue weighted by Crippen LogP contribution is 2.31. The van der Waals surface area contributed by atoms with E-state index in [9.17, 15) is 39.6 Å². The first-order valence-electron chi connectivity index (χ1n) is 10.3. The molecule has 0 radical (unpaired) electrons. The van der Waals surface area contributed by atoms with Crippen LogP contribution >= 0.6 is 0 Å². The molecule has 0 unspecified atom stereocenters. The van der Waals surface area contributed by atoms with E-state index in [-0.39, 0.29) is 28.8 Å². The van der Waals surface area contributed by atoms with E-state index in [1.54, 1.807) is 30.3 Å². The molecular formula is C23H14F6N2O6S. The number of rotatable bonds is 7. The number of benzene rings is 3. The van der Waals surface area contributed by atoms with Crippen molar-refractivity contribution in [3.8, 4) is 23.1 Å². The zero-order valence-corrected chi connectivity index (χ0v) is 19.5. The van der Waals surface area contributed by atoms with Crippen molar-refractivity contribution in [3.05, 3.63) is 88.7 Å². The molecule has 0 saturated heterocycles. The Hall–Kier alpha value is -4.27. The third-order valence-corrected chi connectivity index (χ3v) is 5.81. The number of hydrogen-bond acceptors (Lipinski definition) is 7. The van der Waals surface area contributed by atoms with E-state index >= 15 is 0 Å². The number of halogens is 6. The molecule has 0 aliphatic carbocycles. The normalized spacial score (nSPS) is 12.4. The second-order valence-corrected chi connectivity index (χ2v) is 9.07. The quantitative estimate of drug-likeness (QED) is 0.177. The van der Waals surface area contributed by atoms with E-state index in [0.29, 0.717) is 4.68 Å². The van der Waals surface area contributed by atoms with Crippen molar-refractivity contribution in [3.63, 3.8) is 0 Å². The molecule has 0 bridgehead atoms. The largest absolute Gasteiger partial charge is 0.573 e. The fourth-order valence-electron chi connectivity index (χ4n) is 3.20. The average Bonchev–Trinajstić information content (AvgIpc) is 2.84. The molecule has 0 spiro atoms. The Morgan fingerprint density at radius 1 is 0.816 bits per heavy atom. The number of alkyl halides is 6. The van der Waals surface area contributed by atoms with Crippen molar-refractivity contribution >= 4 is 20.9 Å². The van der Waals surface area contributed by atoms with Crippen LogP contribution in [0.2, 0.25) is 0 Å². The molecule has 0 amide bonds. The highest BCUT2D eigenvalue weighted by atomic mass is 32.2. The number of nitrogens with zero attached hydrogens (tertiary/aromatic N) is 2. The molecule has 200 valence electrons. The minimum Gasteiger partial charge on any atom is -0.489 e. The zero-order chi connectivity index (χ0) is 27.7. The van der Waals surface area contributed by atoms with Crippen LogP contribution in [-0.4, -0.2) is 30.1 Å². The Morgan fingerprint density at radius 2 is 1.45 bits per heavy atom. The molecule has 0 aliphatic rings. The molecule has 0 saturated carbocycles. The first kappa shape index (κ1) is 26.8. The third-order valence-electron chi connectivity index (χ3n) is 4.87. The lowest BCUT2D eigenvalue weighted by atomic mass is 10.1. The fourth-order valence-corrected chi connectivity index (χ4v) is 3.62. The second-order valence-electron chi connectivity index (χ2n) is 7.53. The lowest BCUT2D eigenvalue weighted by molar-refractivity contribution is -0.274. The SMILES string of the molecule is O=c1c2cc(OCc3ccccc3)ccc2c(OS(=O)(=O)C(F)(F)F)nn1-c1ccc(OC(F)(F)F)cc1. The van der Waals surface area contributed by atoms with Gasteiger partial charge >= 0.3 is 22.0 Å². The van der Waals surface area contributed by atoms with E-state index in [1.165, 1.54) is 6.07 Å². The summed E-state index contributed by atoms with van der Waals surface area (Å²) in [4.78, 5) is 13.2.